The minimum absolute atomic E-state index is 0.0825. The molecule has 174 valence electrons. The lowest BCUT2D eigenvalue weighted by Gasteiger charge is -2.30. The quantitative estimate of drug-likeness (QED) is 0.574. The summed E-state index contributed by atoms with van der Waals surface area (Å²) < 4.78 is 0. The number of hydrogen-bond acceptors (Lipinski definition) is 7. The zero-order valence-electron chi connectivity index (χ0n) is 19.2. The van der Waals surface area contributed by atoms with E-state index < -0.39 is 0 Å². The molecule has 0 spiro atoms. The summed E-state index contributed by atoms with van der Waals surface area (Å²) in [5, 5.41) is 7.37. The van der Waals surface area contributed by atoms with E-state index >= 15 is 0 Å². The number of aromatic amines is 1. The lowest BCUT2D eigenvalue weighted by atomic mass is 9.72. The summed E-state index contributed by atoms with van der Waals surface area (Å²) in [5.41, 5.74) is 10.4. The average molecular weight is 459 g/mol. The molecule has 1 aliphatic carbocycles. The molecular formula is C25H26N6O3. The second kappa shape index (κ2) is 8.16. The van der Waals surface area contributed by atoms with Crippen LogP contribution in [0.4, 0.5) is 5.95 Å². The van der Waals surface area contributed by atoms with Crippen LogP contribution in [0.15, 0.2) is 30.5 Å². The fraction of sp³-hybridized carbons (Fsp3) is 0.360. The molecule has 3 N–H and O–H groups in total. The van der Waals surface area contributed by atoms with Crippen LogP contribution in [0.25, 0.3) is 11.4 Å². The molecule has 1 fully saturated rings. The zero-order valence-corrected chi connectivity index (χ0v) is 19.2. The molecule has 9 nitrogen and oxygen atoms in total. The van der Waals surface area contributed by atoms with Crippen molar-refractivity contribution in [2.75, 3.05) is 18.8 Å². The molecule has 1 aliphatic heterocycles. The van der Waals surface area contributed by atoms with Crippen molar-refractivity contribution in [3.8, 4) is 11.4 Å². The maximum absolute atomic E-state index is 13.3. The van der Waals surface area contributed by atoms with E-state index in [2.05, 4.69) is 34.0 Å². The Labute approximate surface area is 196 Å². The van der Waals surface area contributed by atoms with Crippen LogP contribution in [0.1, 0.15) is 64.2 Å². The van der Waals surface area contributed by atoms with Gasteiger partial charge in [0.2, 0.25) is 5.95 Å². The smallest absolute Gasteiger partial charge is 0.253 e. The van der Waals surface area contributed by atoms with Crippen LogP contribution in [-0.4, -0.2) is 55.6 Å². The molecule has 1 amide bonds. The maximum atomic E-state index is 13.3. The van der Waals surface area contributed by atoms with Crippen molar-refractivity contribution < 1.29 is 14.4 Å². The molecular weight excluding hydrogens is 432 g/mol. The van der Waals surface area contributed by atoms with Crippen molar-refractivity contribution in [3.63, 3.8) is 0 Å². The summed E-state index contributed by atoms with van der Waals surface area (Å²) in [6.07, 6.45) is 3.40. The minimum Gasteiger partial charge on any atom is -0.368 e. The van der Waals surface area contributed by atoms with Gasteiger partial charge in [0, 0.05) is 49.7 Å². The number of nitrogen functional groups attached to an aromatic ring is 1. The van der Waals surface area contributed by atoms with E-state index in [-0.39, 0.29) is 35.3 Å². The molecule has 0 unspecified atom stereocenters. The standard InChI is InChI=1S/C25H26N6O3/c1-25(2)12-16-13-27-24(26)28-20(16)22-19(25)21(29-30-22)18(33)11-14-3-5-15(6-4-14)23(34)31-9-7-17(32)8-10-31/h3-6,13H,7-12H2,1-2H3,(H,29,30)(H2,26,27,28). The molecule has 0 radical (unpaired) electrons. The average Bonchev–Trinajstić information content (AvgIpc) is 3.27. The number of piperidine rings is 1. The number of hydrogen-bond donors (Lipinski definition) is 2. The van der Waals surface area contributed by atoms with Gasteiger partial charge in [-0.2, -0.15) is 5.10 Å². The molecule has 0 saturated carbocycles. The van der Waals surface area contributed by atoms with Crippen LogP contribution in [0.2, 0.25) is 0 Å². The number of ketones is 2. The second-order valence-corrected chi connectivity index (χ2v) is 9.61. The number of aromatic nitrogens is 4. The second-order valence-electron chi connectivity index (χ2n) is 9.61. The van der Waals surface area contributed by atoms with Crippen molar-refractivity contribution in [1.29, 1.82) is 0 Å². The molecule has 1 saturated heterocycles. The summed E-state index contributed by atoms with van der Waals surface area (Å²) in [6, 6.07) is 7.09. The van der Waals surface area contributed by atoms with Crippen molar-refractivity contribution in [1.82, 2.24) is 25.1 Å². The fourth-order valence-corrected chi connectivity index (χ4v) is 4.87. The third kappa shape index (κ3) is 3.87. The van der Waals surface area contributed by atoms with Crippen molar-refractivity contribution in [3.05, 3.63) is 58.4 Å². The molecule has 2 aliphatic rings. The number of anilines is 1. The Morgan fingerprint density at radius 3 is 2.53 bits per heavy atom. The predicted octanol–water partition coefficient (Wildman–Crippen LogP) is 2.51. The van der Waals surface area contributed by atoms with Gasteiger partial charge in [-0.05, 0) is 35.1 Å². The number of amides is 1. The fourth-order valence-electron chi connectivity index (χ4n) is 4.87. The van der Waals surface area contributed by atoms with Gasteiger partial charge in [0.25, 0.3) is 5.91 Å². The van der Waals surface area contributed by atoms with E-state index in [1.807, 2.05) is 0 Å². The Balaban J connectivity index is 1.36. The summed E-state index contributed by atoms with van der Waals surface area (Å²) in [4.78, 5) is 47.6. The number of fused-ring (bicyclic) bond motifs is 3. The Morgan fingerprint density at radius 1 is 1.12 bits per heavy atom. The van der Waals surface area contributed by atoms with Gasteiger partial charge in [-0.1, -0.05) is 26.0 Å². The Hall–Kier alpha value is -3.88. The third-order valence-corrected chi connectivity index (χ3v) is 6.64. The van der Waals surface area contributed by atoms with E-state index in [1.165, 1.54) is 0 Å². The maximum Gasteiger partial charge on any atom is 0.253 e. The molecule has 1 aromatic carbocycles. The predicted molar refractivity (Wildman–Crippen MR) is 125 cm³/mol. The number of H-pyrrole nitrogens is 1. The minimum atomic E-state index is -0.327. The molecule has 5 rings (SSSR count). The van der Waals surface area contributed by atoms with Gasteiger partial charge >= 0.3 is 0 Å². The van der Waals surface area contributed by atoms with Crippen LogP contribution in [-0.2, 0) is 23.1 Å². The number of likely N-dealkylation sites (tertiary alicyclic amines) is 1. The van der Waals surface area contributed by atoms with Crippen LogP contribution in [0.3, 0.4) is 0 Å². The number of benzene rings is 1. The van der Waals surface area contributed by atoms with Gasteiger partial charge in [0.1, 0.15) is 17.2 Å². The van der Waals surface area contributed by atoms with Crippen molar-refractivity contribution in [2.24, 2.45) is 0 Å². The van der Waals surface area contributed by atoms with Crippen molar-refractivity contribution >= 4 is 23.4 Å². The highest BCUT2D eigenvalue weighted by Gasteiger charge is 2.38. The number of carbonyl (C=O) groups excluding carboxylic acids is 3. The number of nitrogens with zero attached hydrogens (tertiary/aromatic N) is 4. The number of nitrogens with one attached hydrogen (secondary N) is 1. The van der Waals surface area contributed by atoms with Gasteiger partial charge in [-0.25, -0.2) is 9.97 Å². The molecule has 3 heterocycles. The molecule has 9 heteroatoms. The number of carbonyl (C=O) groups is 3. The molecule has 0 atom stereocenters. The first-order valence-electron chi connectivity index (χ1n) is 11.4. The number of rotatable bonds is 4. The van der Waals surface area contributed by atoms with Crippen LogP contribution in [0, 0.1) is 0 Å². The summed E-state index contributed by atoms with van der Waals surface area (Å²) in [7, 11) is 0. The first kappa shape index (κ1) is 21.9. The SMILES string of the molecule is CC1(C)Cc2cnc(N)nc2-c2n[nH]c(C(=O)Cc3ccc(C(=O)N4CCC(=O)CC4)cc3)c21. The Morgan fingerprint density at radius 2 is 1.82 bits per heavy atom. The molecule has 3 aromatic rings. The van der Waals surface area contributed by atoms with E-state index in [9.17, 15) is 14.4 Å². The highest BCUT2D eigenvalue weighted by atomic mass is 16.2. The highest BCUT2D eigenvalue weighted by Crippen LogP contribution is 2.42. The lowest BCUT2D eigenvalue weighted by molar-refractivity contribution is -0.120. The van der Waals surface area contributed by atoms with Crippen molar-refractivity contribution in [2.45, 2.75) is 44.9 Å². The largest absolute Gasteiger partial charge is 0.368 e. The van der Waals surface area contributed by atoms with Gasteiger partial charge in [-0.15, -0.1) is 0 Å². The Bertz CT molecular complexity index is 1300. The number of nitrogens with two attached hydrogens (primary N) is 1. The molecule has 0 bridgehead atoms. The van der Waals surface area contributed by atoms with E-state index in [0.29, 0.717) is 55.0 Å². The van der Waals surface area contributed by atoms with Gasteiger partial charge in [-0.3, -0.25) is 19.5 Å². The third-order valence-electron chi connectivity index (χ3n) is 6.64. The first-order chi connectivity index (χ1) is 16.2. The normalized spacial score (nSPS) is 16.6. The monoisotopic (exact) mass is 458 g/mol. The Kier molecular flexibility index (Phi) is 5.27. The summed E-state index contributed by atoms with van der Waals surface area (Å²) in [5.74, 6) is 0.197. The van der Waals surface area contributed by atoms with Gasteiger partial charge in [0.05, 0.1) is 5.69 Å². The van der Waals surface area contributed by atoms with E-state index in [4.69, 9.17) is 5.73 Å². The highest BCUT2D eigenvalue weighted by molar-refractivity contribution is 6.00. The van der Waals surface area contributed by atoms with Crippen LogP contribution in [0.5, 0.6) is 0 Å². The van der Waals surface area contributed by atoms with Crippen LogP contribution < -0.4 is 5.73 Å². The van der Waals surface area contributed by atoms with E-state index in [0.717, 1.165) is 16.7 Å². The van der Waals surface area contributed by atoms with Gasteiger partial charge < -0.3 is 10.6 Å². The molecule has 2 aromatic heterocycles. The van der Waals surface area contributed by atoms with Gasteiger partial charge in [0.15, 0.2) is 5.78 Å². The summed E-state index contributed by atoms with van der Waals surface area (Å²) in [6.45, 7) is 5.06. The summed E-state index contributed by atoms with van der Waals surface area (Å²) >= 11 is 0. The van der Waals surface area contributed by atoms with E-state index in [1.54, 1.807) is 35.4 Å². The topological polar surface area (TPSA) is 135 Å². The number of Topliss-reactive ketones (excluding diaryl/α,β-unsaturated/α-hetero) is 2. The first-order valence-corrected chi connectivity index (χ1v) is 11.4. The lowest BCUT2D eigenvalue weighted by Crippen LogP contribution is -2.38. The molecule has 34 heavy (non-hydrogen) atoms. The van der Waals surface area contributed by atoms with Crippen LogP contribution >= 0.6 is 0 Å². The zero-order chi connectivity index (χ0) is 24.0.